The number of benzene rings is 1. The summed E-state index contributed by atoms with van der Waals surface area (Å²) in [5.41, 5.74) is 0.471. The van der Waals surface area contributed by atoms with Gasteiger partial charge in [-0.3, -0.25) is 9.69 Å². The van der Waals surface area contributed by atoms with Crippen molar-refractivity contribution in [2.75, 3.05) is 11.9 Å². The highest BCUT2D eigenvalue weighted by Crippen LogP contribution is 2.42. The van der Waals surface area contributed by atoms with E-state index in [9.17, 15) is 19.1 Å². The smallest absolute Gasteiger partial charge is 0.324 e. The van der Waals surface area contributed by atoms with Gasteiger partial charge in [-0.25, -0.2) is 9.18 Å². The molecule has 6 heteroatoms. The number of hydrogen-bond donors (Lipinski definition) is 1. The molecule has 3 rings (SSSR count). The summed E-state index contributed by atoms with van der Waals surface area (Å²) in [4.78, 5) is 26.9. The third-order valence-electron chi connectivity index (χ3n) is 4.56. The Kier molecular flexibility index (Phi) is 3.31. The number of hydrogen-bond acceptors (Lipinski definition) is 2. The molecule has 3 atom stereocenters. The fourth-order valence-corrected chi connectivity index (χ4v) is 3.52. The van der Waals surface area contributed by atoms with Crippen molar-refractivity contribution in [1.29, 1.82) is 0 Å². The molecule has 112 valence electrons. The summed E-state index contributed by atoms with van der Waals surface area (Å²) in [6.07, 6.45) is 2.09. The van der Waals surface area contributed by atoms with Crippen molar-refractivity contribution >= 4 is 17.7 Å². The summed E-state index contributed by atoms with van der Waals surface area (Å²) < 4.78 is 13.3. The van der Waals surface area contributed by atoms with Gasteiger partial charge < -0.3 is 10.0 Å². The second-order valence-electron chi connectivity index (χ2n) is 5.71. The highest BCUT2D eigenvalue weighted by atomic mass is 19.1. The summed E-state index contributed by atoms with van der Waals surface area (Å²) in [6, 6.07) is 5.32. The standard InChI is InChI=1S/C15H17FN2O3/c1-17(10-4-2-3-9(16)7-10)15(21)18-11-5-6-13(18)12(8-11)14(19)20/h2-4,7,11-13H,5-6,8H2,1H3,(H,19,20). The van der Waals surface area contributed by atoms with Crippen LogP contribution in [0.1, 0.15) is 19.3 Å². The lowest BCUT2D eigenvalue weighted by atomic mass is 9.89. The highest BCUT2D eigenvalue weighted by molar-refractivity contribution is 5.93. The molecule has 0 aromatic heterocycles. The van der Waals surface area contributed by atoms with E-state index in [1.54, 1.807) is 24.1 Å². The fourth-order valence-electron chi connectivity index (χ4n) is 3.52. The minimum Gasteiger partial charge on any atom is -0.481 e. The van der Waals surface area contributed by atoms with Crippen LogP contribution in [0.5, 0.6) is 0 Å². The van der Waals surface area contributed by atoms with Gasteiger partial charge in [0.1, 0.15) is 5.82 Å². The van der Waals surface area contributed by atoms with Crippen LogP contribution in [-0.2, 0) is 4.79 Å². The van der Waals surface area contributed by atoms with Crippen molar-refractivity contribution in [2.24, 2.45) is 5.92 Å². The minimum atomic E-state index is -0.839. The summed E-state index contributed by atoms with van der Waals surface area (Å²) in [5.74, 6) is -1.72. The second kappa shape index (κ2) is 5.02. The van der Waals surface area contributed by atoms with Gasteiger partial charge in [-0.15, -0.1) is 0 Å². The molecule has 1 aromatic rings. The molecule has 1 N–H and O–H groups in total. The molecule has 0 aliphatic carbocycles. The number of aliphatic carboxylic acids is 1. The fraction of sp³-hybridized carbons (Fsp3) is 0.467. The lowest BCUT2D eigenvalue weighted by molar-refractivity contribution is -0.142. The van der Waals surface area contributed by atoms with Crippen molar-refractivity contribution < 1.29 is 19.1 Å². The number of carboxylic acid groups (broad SMARTS) is 1. The summed E-state index contributed by atoms with van der Waals surface area (Å²) >= 11 is 0. The van der Waals surface area contributed by atoms with Gasteiger partial charge in [0.25, 0.3) is 0 Å². The Bertz CT molecular complexity index is 592. The molecule has 2 saturated heterocycles. The number of carboxylic acids is 1. The molecule has 5 nitrogen and oxygen atoms in total. The van der Waals surface area contributed by atoms with Crippen molar-refractivity contribution in [3.63, 3.8) is 0 Å². The Morgan fingerprint density at radius 2 is 2.14 bits per heavy atom. The van der Waals surface area contributed by atoms with Crippen LogP contribution in [0.3, 0.4) is 0 Å². The van der Waals surface area contributed by atoms with Gasteiger partial charge in [-0.2, -0.15) is 0 Å². The first-order valence-corrected chi connectivity index (χ1v) is 7.03. The van der Waals surface area contributed by atoms with E-state index in [0.717, 1.165) is 12.8 Å². The van der Waals surface area contributed by atoms with E-state index in [2.05, 4.69) is 0 Å². The predicted octanol–water partition coefficient (Wildman–Crippen LogP) is 2.32. The van der Waals surface area contributed by atoms with Crippen LogP contribution in [0.15, 0.2) is 24.3 Å². The van der Waals surface area contributed by atoms with Crippen LogP contribution < -0.4 is 4.90 Å². The van der Waals surface area contributed by atoms with Gasteiger partial charge in [0.15, 0.2) is 0 Å². The molecule has 3 unspecified atom stereocenters. The van der Waals surface area contributed by atoms with Gasteiger partial charge in [0.2, 0.25) is 0 Å². The number of rotatable bonds is 2. The molecule has 0 saturated carbocycles. The number of nitrogens with zero attached hydrogens (tertiary/aromatic N) is 2. The summed E-state index contributed by atoms with van der Waals surface area (Å²) in [7, 11) is 1.59. The van der Waals surface area contributed by atoms with Crippen LogP contribution in [0, 0.1) is 11.7 Å². The zero-order valence-corrected chi connectivity index (χ0v) is 11.7. The zero-order chi connectivity index (χ0) is 15.1. The van der Waals surface area contributed by atoms with Crippen LogP contribution in [0.2, 0.25) is 0 Å². The number of amides is 2. The van der Waals surface area contributed by atoms with E-state index in [1.165, 1.54) is 17.0 Å². The molecule has 1 aromatic carbocycles. The molecule has 2 amide bonds. The molecular formula is C15H17FN2O3. The summed E-state index contributed by atoms with van der Waals surface area (Å²) in [5, 5.41) is 9.23. The molecular weight excluding hydrogens is 275 g/mol. The van der Waals surface area contributed by atoms with Gasteiger partial charge >= 0.3 is 12.0 Å². The van der Waals surface area contributed by atoms with Crippen LogP contribution in [-0.4, -0.2) is 41.1 Å². The molecule has 2 aliphatic rings. The monoisotopic (exact) mass is 292 g/mol. The maximum absolute atomic E-state index is 13.3. The lowest BCUT2D eigenvalue weighted by Gasteiger charge is -2.28. The topological polar surface area (TPSA) is 60.9 Å². The number of fused-ring (bicyclic) bond motifs is 2. The van der Waals surface area contributed by atoms with Crippen LogP contribution in [0.25, 0.3) is 0 Å². The normalized spacial score (nSPS) is 27.0. The van der Waals surface area contributed by atoms with E-state index >= 15 is 0 Å². The number of urea groups is 1. The van der Waals surface area contributed by atoms with Gasteiger partial charge in [0, 0.05) is 24.8 Å². The molecule has 0 spiro atoms. The number of halogens is 1. The number of anilines is 1. The molecule has 2 fully saturated rings. The first kappa shape index (κ1) is 13.9. The van der Waals surface area contributed by atoms with Crippen molar-refractivity contribution in [3.05, 3.63) is 30.1 Å². The Morgan fingerprint density at radius 3 is 2.76 bits per heavy atom. The largest absolute Gasteiger partial charge is 0.481 e. The highest BCUT2D eigenvalue weighted by Gasteiger charge is 2.52. The van der Waals surface area contributed by atoms with Crippen molar-refractivity contribution in [1.82, 2.24) is 4.90 Å². The van der Waals surface area contributed by atoms with Crippen molar-refractivity contribution in [2.45, 2.75) is 31.3 Å². The van der Waals surface area contributed by atoms with Gasteiger partial charge in [0.05, 0.1) is 5.92 Å². The maximum atomic E-state index is 13.3. The average molecular weight is 292 g/mol. The molecule has 0 radical (unpaired) electrons. The van der Waals surface area contributed by atoms with E-state index in [-0.39, 0.29) is 18.1 Å². The Morgan fingerprint density at radius 1 is 1.38 bits per heavy atom. The van der Waals surface area contributed by atoms with Crippen LogP contribution in [0.4, 0.5) is 14.9 Å². The second-order valence-corrected chi connectivity index (χ2v) is 5.71. The average Bonchev–Trinajstić information content (AvgIpc) is 3.03. The quantitative estimate of drug-likeness (QED) is 0.910. The maximum Gasteiger partial charge on any atom is 0.324 e. The van der Waals surface area contributed by atoms with Crippen LogP contribution >= 0.6 is 0 Å². The van der Waals surface area contributed by atoms with E-state index in [4.69, 9.17) is 0 Å². The first-order chi connectivity index (χ1) is 9.99. The van der Waals surface area contributed by atoms with E-state index in [1.807, 2.05) is 0 Å². The molecule has 2 heterocycles. The Labute approximate surface area is 122 Å². The number of carbonyl (C=O) groups excluding carboxylic acids is 1. The third kappa shape index (κ3) is 2.24. The van der Waals surface area contributed by atoms with Gasteiger partial charge in [-0.1, -0.05) is 6.07 Å². The summed E-state index contributed by atoms with van der Waals surface area (Å²) in [6.45, 7) is 0. The lowest BCUT2D eigenvalue weighted by Crippen LogP contribution is -2.45. The first-order valence-electron chi connectivity index (χ1n) is 7.03. The van der Waals surface area contributed by atoms with E-state index in [0.29, 0.717) is 12.1 Å². The molecule has 21 heavy (non-hydrogen) atoms. The van der Waals surface area contributed by atoms with E-state index < -0.39 is 17.7 Å². The Hall–Kier alpha value is -2.11. The SMILES string of the molecule is CN(C(=O)N1C2CCC1C(C(=O)O)C2)c1cccc(F)c1. The third-order valence-corrected chi connectivity index (χ3v) is 4.56. The molecule has 2 aliphatic heterocycles. The zero-order valence-electron chi connectivity index (χ0n) is 11.7. The predicted molar refractivity (Wildman–Crippen MR) is 74.6 cm³/mol. The number of carbonyl (C=O) groups is 2. The van der Waals surface area contributed by atoms with Gasteiger partial charge in [-0.05, 0) is 37.5 Å². The molecule has 2 bridgehead atoms. The minimum absolute atomic E-state index is 0.0143. The Balaban J connectivity index is 1.81. The van der Waals surface area contributed by atoms with Crippen molar-refractivity contribution in [3.8, 4) is 0 Å².